The van der Waals surface area contributed by atoms with Crippen molar-refractivity contribution in [3.8, 4) is 0 Å². The summed E-state index contributed by atoms with van der Waals surface area (Å²) in [5.41, 5.74) is 1.04. The molecular weight excluding hydrogens is 232 g/mol. The van der Waals surface area contributed by atoms with Gasteiger partial charge in [0.1, 0.15) is 4.88 Å². The van der Waals surface area contributed by atoms with Gasteiger partial charge in [0.15, 0.2) is 0 Å². The quantitative estimate of drug-likeness (QED) is 0.851. The van der Waals surface area contributed by atoms with Gasteiger partial charge in [-0.25, -0.2) is 0 Å². The van der Waals surface area contributed by atoms with E-state index in [0.717, 1.165) is 5.56 Å². The molecule has 1 amide bonds. The van der Waals surface area contributed by atoms with Crippen molar-refractivity contribution >= 4 is 28.8 Å². The van der Waals surface area contributed by atoms with E-state index in [2.05, 4.69) is 10.3 Å². The van der Waals surface area contributed by atoms with Crippen molar-refractivity contribution in [2.24, 2.45) is 0 Å². The number of rotatable bonds is 3. The lowest BCUT2D eigenvalue weighted by atomic mass is 10.3. The average molecular weight is 241 g/mol. The normalized spacial score (nSPS) is 10.2. The Bertz CT molecular complexity index is 450. The van der Waals surface area contributed by atoms with Crippen LogP contribution in [0.1, 0.15) is 15.2 Å². The van der Waals surface area contributed by atoms with E-state index >= 15 is 0 Å². The molecule has 5 heteroatoms. The third-order valence-electron chi connectivity index (χ3n) is 1.94. The van der Waals surface area contributed by atoms with Crippen LogP contribution in [0.15, 0.2) is 29.9 Å². The van der Waals surface area contributed by atoms with Crippen LogP contribution < -0.4 is 5.32 Å². The summed E-state index contributed by atoms with van der Waals surface area (Å²) in [5.74, 6) is -0.129. The Balaban J connectivity index is 1.96. The van der Waals surface area contributed by atoms with Crippen molar-refractivity contribution in [2.45, 2.75) is 6.54 Å². The monoisotopic (exact) mass is 240 g/mol. The minimum atomic E-state index is -0.129. The maximum atomic E-state index is 11.6. The summed E-state index contributed by atoms with van der Waals surface area (Å²) < 4.78 is 0. The lowest BCUT2D eigenvalue weighted by Gasteiger charge is -2.01. The van der Waals surface area contributed by atoms with Gasteiger partial charge in [-0.3, -0.25) is 4.79 Å². The Morgan fingerprint density at radius 1 is 1.53 bits per heavy atom. The van der Waals surface area contributed by atoms with Gasteiger partial charge in [0.25, 0.3) is 5.91 Å². The molecule has 0 unspecified atom stereocenters. The highest BCUT2D eigenvalue weighted by molar-refractivity contribution is 7.12. The van der Waals surface area contributed by atoms with Crippen molar-refractivity contribution in [1.82, 2.24) is 10.3 Å². The fourth-order valence-corrected chi connectivity index (χ4v) is 2.24. The second-order valence-corrected chi connectivity index (χ2v) is 4.32. The minimum absolute atomic E-state index is 0.129. The first-order chi connectivity index (χ1) is 7.27. The molecule has 2 aromatic heterocycles. The van der Waals surface area contributed by atoms with Crippen LogP contribution in [0.5, 0.6) is 0 Å². The van der Waals surface area contributed by atoms with Gasteiger partial charge in [0, 0.05) is 18.9 Å². The van der Waals surface area contributed by atoms with E-state index < -0.39 is 0 Å². The number of hydrogen-bond donors (Lipinski definition) is 2. The van der Waals surface area contributed by atoms with Crippen molar-refractivity contribution in [3.63, 3.8) is 0 Å². The molecule has 0 saturated carbocycles. The number of aromatic nitrogens is 1. The van der Waals surface area contributed by atoms with Gasteiger partial charge in [-0.2, -0.15) is 0 Å². The Morgan fingerprint density at radius 2 is 2.40 bits per heavy atom. The second kappa shape index (κ2) is 4.51. The van der Waals surface area contributed by atoms with E-state index in [1.165, 1.54) is 11.3 Å². The molecule has 78 valence electrons. The Kier molecular flexibility index (Phi) is 3.08. The van der Waals surface area contributed by atoms with E-state index in [9.17, 15) is 4.79 Å². The molecule has 0 saturated heterocycles. The smallest absolute Gasteiger partial charge is 0.263 e. The molecule has 0 spiro atoms. The molecule has 0 aliphatic carbocycles. The molecule has 2 rings (SSSR count). The third kappa shape index (κ3) is 2.40. The van der Waals surface area contributed by atoms with Crippen molar-refractivity contribution in [2.75, 3.05) is 0 Å². The summed E-state index contributed by atoms with van der Waals surface area (Å²) in [6.45, 7) is 0.510. The third-order valence-corrected chi connectivity index (χ3v) is 3.28. The van der Waals surface area contributed by atoms with Crippen LogP contribution in [0.2, 0.25) is 5.02 Å². The fraction of sp³-hybridized carbons (Fsp3) is 0.100. The molecule has 0 aliphatic heterocycles. The number of carbonyl (C=O) groups excluding carboxylic acids is 1. The van der Waals surface area contributed by atoms with Crippen LogP contribution in [0.3, 0.4) is 0 Å². The lowest BCUT2D eigenvalue weighted by Crippen LogP contribution is -2.21. The zero-order valence-electron chi connectivity index (χ0n) is 7.79. The SMILES string of the molecule is O=C(NCc1cc[nH]c1)c1sccc1Cl. The number of hydrogen-bond acceptors (Lipinski definition) is 2. The van der Waals surface area contributed by atoms with E-state index in [1.54, 1.807) is 11.4 Å². The fourth-order valence-electron chi connectivity index (χ4n) is 1.19. The number of thiophene rings is 1. The van der Waals surface area contributed by atoms with Crippen LogP contribution in [0.4, 0.5) is 0 Å². The van der Waals surface area contributed by atoms with Gasteiger partial charge < -0.3 is 10.3 Å². The minimum Gasteiger partial charge on any atom is -0.367 e. The molecular formula is C10H9ClN2OS. The number of amides is 1. The molecule has 0 fully saturated rings. The number of aromatic amines is 1. The summed E-state index contributed by atoms with van der Waals surface area (Å²) in [4.78, 5) is 15.1. The van der Waals surface area contributed by atoms with Crippen LogP contribution in [-0.4, -0.2) is 10.9 Å². The van der Waals surface area contributed by atoms with Gasteiger partial charge in [-0.05, 0) is 23.1 Å². The van der Waals surface area contributed by atoms with Crippen LogP contribution in [-0.2, 0) is 6.54 Å². The number of halogens is 1. The van der Waals surface area contributed by atoms with E-state index in [4.69, 9.17) is 11.6 Å². The van der Waals surface area contributed by atoms with E-state index in [-0.39, 0.29) is 5.91 Å². The highest BCUT2D eigenvalue weighted by Gasteiger charge is 2.10. The summed E-state index contributed by atoms with van der Waals surface area (Å²) >= 11 is 7.18. The number of H-pyrrole nitrogens is 1. The first-order valence-electron chi connectivity index (χ1n) is 4.40. The second-order valence-electron chi connectivity index (χ2n) is 3.00. The Morgan fingerprint density at radius 3 is 3.00 bits per heavy atom. The van der Waals surface area contributed by atoms with Gasteiger partial charge in [0.2, 0.25) is 0 Å². The molecule has 0 aliphatic rings. The first kappa shape index (κ1) is 10.3. The summed E-state index contributed by atoms with van der Waals surface area (Å²) in [7, 11) is 0. The van der Waals surface area contributed by atoms with Gasteiger partial charge >= 0.3 is 0 Å². The maximum Gasteiger partial charge on any atom is 0.263 e. The Labute approximate surface area is 96.1 Å². The highest BCUT2D eigenvalue weighted by Crippen LogP contribution is 2.21. The van der Waals surface area contributed by atoms with Crippen LogP contribution in [0, 0.1) is 0 Å². The molecule has 2 aromatic rings. The summed E-state index contributed by atoms with van der Waals surface area (Å²) in [6, 6.07) is 3.63. The average Bonchev–Trinajstić information content (AvgIpc) is 2.84. The van der Waals surface area contributed by atoms with Gasteiger partial charge in [0.05, 0.1) is 5.02 Å². The van der Waals surface area contributed by atoms with Gasteiger partial charge in [-0.15, -0.1) is 11.3 Å². The molecule has 0 radical (unpaired) electrons. The number of nitrogens with one attached hydrogen (secondary N) is 2. The van der Waals surface area contributed by atoms with Crippen molar-refractivity contribution in [1.29, 1.82) is 0 Å². The first-order valence-corrected chi connectivity index (χ1v) is 5.66. The predicted molar refractivity (Wildman–Crippen MR) is 61.3 cm³/mol. The molecule has 2 N–H and O–H groups in total. The zero-order valence-corrected chi connectivity index (χ0v) is 9.36. The topological polar surface area (TPSA) is 44.9 Å². The molecule has 15 heavy (non-hydrogen) atoms. The van der Waals surface area contributed by atoms with Crippen molar-refractivity contribution < 1.29 is 4.79 Å². The zero-order chi connectivity index (χ0) is 10.7. The summed E-state index contributed by atoms with van der Waals surface area (Å²) in [5, 5.41) is 5.10. The van der Waals surface area contributed by atoms with Crippen molar-refractivity contribution in [3.05, 3.63) is 45.4 Å². The highest BCUT2D eigenvalue weighted by atomic mass is 35.5. The molecule has 0 aromatic carbocycles. The van der Waals surface area contributed by atoms with Crippen LogP contribution >= 0.6 is 22.9 Å². The van der Waals surface area contributed by atoms with Gasteiger partial charge in [-0.1, -0.05) is 11.6 Å². The Hall–Kier alpha value is -1.26. The molecule has 0 atom stereocenters. The molecule has 2 heterocycles. The van der Waals surface area contributed by atoms with E-state index in [0.29, 0.717) is 16.4 Å². The number of carbonyl (C=O) groups is 1. The maximum absolute atomic E-state index is 11.6. The van der Waals surface area contributed by atoms with Crippen LogP contribution in [0.25, 0.3) is 0 Å². The lowest BCUT2D eigenvalue weighted by molar-refractivity contribution is 0.0955. The standard InChI is InChI=1S/C10H9ClN2OS/c11-8-2-4-15-9(8)10(14)13-6-7-1-3-12-5-7/h1-5,12H,6H2,(H,13,14). The molecule has 0 bridgehead atoms. The van der Waals surface area contributed by atoms with E-state index in [1.807, 2.05) is 18.5 Å². The molecule has 3 nitrogen and oxygen atoms in total. The largest absolute Gasteiger partial charge is 0.367 e. The summed E-state index contributed by atoms with van der Waals surface area (Å²) in [6.07, 6.45) is 3.66. The predicted octanol–water partition coefficient (Wildman–Crippen LogP) is 2.66.